The summed E-state index contributed by atoms with van der Waals surface area (Å²) in [6.07, 6.45) is 1.59. The Labute approximate surface area is 176 Å². The molecule has 1 aromatic heterocycles. The van der Waals surface area contributed by atoms with E-state index < -0.39 is 17.4 Å². The number of aliphatic hydroxyl groups excluding tert-OH is 1. The largest absolute Gasteiger partial charge is 0.480 e. The number of aliphatic carboxylic acids is 1. The first kappa shape index (κ1) is 22.3. The summed E-state index contributed by atoms with van der Waals surface area (Å²) in [6.45, 7) is 5.43. The van der Waals surface area contributed by atoms with Crippen molar-refractivity contribution in [1.29, 1.82) is 0 Å². The Kier molecular flexibility index (Phi) is 6.82. The molecule has 1 unspecified atom stereocenters. The van der Waals surface area contributed by atoms with Crippen LogP contribution in [0.4, 0.5) is 5.69 Å². The standard InChI is InChI=1S/C21H31N3O6/c1-4-21(5-2,20(27)28)23-18(26)16-6-7-17(24-9-15(10-24)29-3)19(22-16)30-12-14-8-13(14)11-25/h6-7,13-15,25H,4-5,8-12H2,1-3H3,(H,23,26)(H,27,28)/t13-,14?/m1/s1. The Hall–Kier alpha value is -2.39. The van der Waals surface area contributed by atoms with Gasteiger partial charge in [0.25, 0.3) is 5.91 Å². The molecule has 2 fully saturated rings. The fourth-order valence-corrected chi connectivity index (χ4v) is 3.68. The molecule has 0 radical (unpaired) electrons. The predicted octanol–water partition coefficient (Wildman–Crippen LogP) is 1.30. The molecule has 0 bridgehead atoms. The maximum absolute atomic E-state index is 12.8. The predicted molar refractivity (Wildman–Crippen MR) is 110 cm³/mol. The molecule has 1 aliphatic heterocycles. The molecule has 30 heavy (non-hydrogen) atoms. The maximum Gasteiger partial charge on any atom is 0.329 e. The van der Waals surface area contributed by atoms with E-state index in [0.29, 0.717) is 25.6 Å². The lowest BCUT2D eigenvalue weighted by Gasteiger charge is -2.40. The number of ether oxygens (including phenoxy) is 2. The van der Waals surface area contributed by atoms with Gasteiger partial charge in [-0.1, -0.05) is 13.8 Å². The zero-order valence-corrected chi connectivity index (χ0v) is 17.8. The highest BCUT2D eigenvalue weighted by molar-refractivity contribution is 5.96. The van der Waals surface area contributed by atoms with Crippen molar-refractivity contribution in [3.63, 3.8) is 0 Å². The van der Waals surface area contributed by atoms with Crippen LogP contribution in [-0.2, 0) is 9.53 Å². The first-order valence-electron chi connectivity index (χ1n) is 10.5. The van der Waals surface area contributed by atoms with E-state index in [4.69, 9.17) is 9.47 Å². The van der Waals surface area contributed by atoms with Crippen LogP contribution >= 0.6 is 0 Å². The molecule has 1 aliphatic carbocycles. The van der Waals surface area contributed by atoms with Crippen LogP contribution in [0, 0.1) is 11.8 Å². The molecule has 2 aliphatic rings. The SMILES string of the molecule is CCC(CC)(NC(=O)c1ccc(N2CC(OC)C2)c(OCC2C[C@@H]2CO)n1)C(=O)O. The van der Waals surface area contributed by atoms with Gasteiger partial charge in [0.1, 0.15) is 16.9 Å². The number of anilines is 1. The summed E-state index contributed by atoms with van der Waals surface area (Å²) in [6, 6.07) is 3.36. The van der Waals surface area contributed by atoms with Crippen molar-refractivity contribution in [3.05, 3.63) is 17.8 Å². The van der Waals surface area contributed by atoms with E-state index in [0.717, 1.165) is 12.1 Å². The van der Waals surface area contributed by atoms with Crippen molar-refractivity contribution in [2.24, 2.45) is 11.8 Å². The molecule has 2 heterocycles. The molecule has 2 atom stereocenters. The number of methoxy groups -OCH3 is 1. The van der Waals surface area contributed by atoms with E-state index in [1.165, 1.54) is 0 Å². The smallest absolute Gasteiger partial charge is 0.329 e. The van der Waals surface area contributed by atoms with Gasteiger partial charge in [-0.25, -0.2) is 9.78 Å². The van der Waals surface area contributed by atoms with E-state index in [9.17, 15) is 19.8 Å². The Morgan fingerprint density at radius 1 is 1.27 bits per heavy atom. The van der Waals surface area contributed by atoms with E-state index >= 15 is 0 Å². The molecule has 0 aromatic carbocycles. The minimum Gasteiger partial charge on any atom is -0.480 e. The monoisotopic (exact) mass is 421 g/mol. The number of carboxylic acids is 1. The summed E-state index contributed by atoms with van der Waals surface area (Å²) in [4.78, 5) is 31.0. The maximum atomic E-state index is 12.8. The number of aromatic nitrogens is 1. The molecule has 9 nitrogen and oxygen atoms in total. The van der Waals surface area contributed by atoms with E-state index in [2.05, 4.69) is 15.2 Å². The minimum absolute atomic E-state index is 0.111. The lowest BCUT2D eigenvalue weighted by atomic mass is 9.92. The van der Waals surface area contributed by atoms with Crippen molar-refractivity contribution in [3.8, 4) is 5.88 Å². The van der Waals surface area contributed by atoms with Gasteiger partial charge in [0.2, 0.25) is 5.88 Å². The summed E-state index contributed by atoms with van der Waals surface area (Å²) in [5.74, 6) is -0.730. The molecule has 1 amide bonds. The Bertz CT molecular complexity index is 776. The highest BCUT2D eigenvalue weighted by Crippen LogP contribution is 2.39. The third kappa shape index (κ3) is 4.52. The second kappa shape index (κ2) is 9.18. The molecule has 3 rings (SSSR count). The highest BCUT2D eigenvalue weighted by Gasteiger charge is 2.39. The third-order valence-corrected chi connectivity index (χ3v) is 6.30. The first-order valence-corrected chi connectivity index (χ1v) is 10.5. The van der Waals surface area contributed by atoms with Gasteiger partial charge in [-0.15, -0.1) is 0 Å². The molecule has 1 aromatic rings. The van der Waals surface area contributed by atoms with E-state index in [1.54, 1.807) is 33.1 Å². The number of carbonyl (C=O) groups excluding carboxylic acids is 1. The second-order valence-electron chi connectivity index (χ2n) is 8.08. The number of hydrogen-bond donors (Lipinski definition) is 3. The van der Waals surface area contributed by atoms with Gasteiger partial charge in [0, 0.05) is 26.8 Å². The number of nitrogens with zero attached hydrogens (tertiary/aromatic N) is 2. The molecule has 1 saturated heterocycles. The summed E-state index contributed by atoms with van der Waals surface area (Å²) >= 11 is 0. The van der Waals surface area contributed by atoms with Crippen molar-refractivity contribution < 1.29 is 29.3 Å². The van der Waals surface area contributed by atoms with Gasteiger partial charge in [-0.2, -0.15) is 0 Å². The van der Waals surface area contributed by atoms with Gasteiger partial charge in [0.05, 0.1) is 12.7 Å². The van der Waals surface area contributed by atoms with Gasteiger partial charge in [-0.05, 0) is 43.2 Å². The average molecular weight is 421 g/mol. The van der Waals surface area contributed by atoms with Crippen LogP contribution in [-0.4, -0.2) is 72.1 Å². The zero-order valence-electron chi connectivity index (χ0n) is 17.8. The molecule has 166 valence electrons. The lowest BCUT2D eigenvalue weighted by molar-refractivity contribution is -0.144. The number of hydrogen-bond acceptors (Lipinski definition) is 7. The highest BCUT2D eigenvalue weighted by atomic mass is 16.5. The van der Waals surface area contributed by atoms with Crippen LogP contribution in [0.15, 0.2) is 12.1 Å². The van der Waals surface area contributed by atoms with Crippen molar-refractivity contribution in [1.82, 2.24) is 10.3 Å². The van der Waals surface area contributed by atoms with E-state index in [-0.39, 0.29) is 43.1 Å². The second-order valence-corrected chi connectivity index (χ2v) is 8.08. The Balaban J connectivity index is 1.78. The van der Waals surface area contributed by atoms with Gasteiger partial charge in [-0.3, -0.25) is 4.79 Å². The summed E-state index contributed by atoms with van der Waals surface area (Å²) < 4.78 is 11.3. The first-order chi connectivity index (χ1) is 14.4. The molecule has 1 saturated carbocycles. The van der Waals surface area contributed by atoms with Crippen molar-refractivity contribution in [2.75, 3.05) is 38.3 Å². The number of pyridine rings is 1. The topological polar surface area (TPSA) is 121 Å². The number of rotatable bonds is 11. The fraction of sp³-hybridized carbons (Fsp3) is 0.667. The van der Waals surface area contributed by atoms with Crippen LogP contribution in [0.1, 0.15) is 43.6 Å². The molecule has 3 N–H and O–H groups in total. The van der Waals surface area contributed by atoms with Crippen molar-refractivity contribution >= 4 is 17.6 Å². The van der Waals surface area contributed by atoms with Crippen LogP contribution < -0.4 is 15.0 Å². The summed E-state index contributed by atoms with van der Waals surface area (Å²) in [5, 5.41) is 21.5. The van der Waals surface area contributed by atoms with Crippen LogP contribution in [0.5, 0.6) is 5.88 Å². The number of carbonyl (C=O) groups is 2. The minimum atomic E-state index is -1.33. The lowest BCUT2D eigenvalue weighted by Crippen LogP contribution is -2.54. The fourth-order valence-electron chi connectivity index (χ4n) is 3.68. The molecule has 9 heteroatoms. The number of aliphatic hydroxyl groups is 1. The molecular formula is C21H31N3O6. The quantitative estimate of drug-likeness (QED) is 0.489. The number of nitrogens with one attached hydrogen (secondary N) is 1. The Morgan fingerprint density at radius 3 is 2.50 bits per heavy atom. The van der Waals surface area contributed by atoms with Crippen LogP contribution in [0.25, 0.3) is 0 Å². The third-order valence-electron chi connectivity index (χ3n) is 6.30. The zero-order chi connectivity index (χ0) is 21.9. The van der Waals surface area contributed by atoms with Gasteiger partial charge in [0.15, 0.2) is 0 Å². The van der Waals surface area contributed by atoms with E-state index in [1.807, 2.05) is 0 Å². The van der Waals surface area contributed by atoms with Crippen LogP contribution in [0.3, 0.4) is 0 Å². The summed E-state index contributed by atoms with van der Waals surface area (Å²) in [7, 11) is 1.67. The normalized spacial score (nSPS) is 21.1. The number of carboxylic acid groups (broad SMARTS) is 1. The van der Waals surface area contributed by atoms with Gasteiger partial charge < -0.3 is 29.9 Å². The summed E-state index contributed by atoms with van der Waals surface area (Å²) in [5.41, 5.74) is -0.444. The van der Waals surface area contributed by atoms with Gasteiger partial charge >= 0.3 is 5.97 Å². The number of amides is 1. The average Bonchev–Trinajstić information content (AvgIpc) is 3.48. The molecule has 0 spiro atoms. The molecular weight excluding hydrogens is 390 g/mol. The van der Waals surface area contributed by atoms with Crippen molar-refractivity contribution in [2.45, 2.75) is 44.8 Å². The Morgan fingerprint density at radius 2 is 1.97 bits per heavy atom. The van der Waals surface area contributed by atoms with Crippen LogP contribution in [0.2, 0.25) is 0 Å².